The van der Waals surface area contributed by atoms with Gasteiger partial charge in [0.05, 0.1) is 17.0 Å². The van der Waals surface area contributed by atoms with Gasteiger partial charge in [-0.25, -0.2) is 8.42 Å². The van der Waals surface area contributed by atoms with E-state index in [1.807, 2.05) is 6.92 Å². The van der Waals surface area contributed by atoms with Crippen molar-refractivity contribution >= 4 is 33.3 Å². The molecule has 0 bridgehead atoms. The highest BCUT2D eigenvalue weighted by Gasteiger charge is 2.17. The van der Waals surface area contributed by atoms with Gasteiger partial charge in [-0.3, -0.25) is 4.72 Å². The van der Waals surface area contributed by atoms with Crippen LogP contribution in [0.5, 0.6) is 5.75 Å². The maximum absolute atomic E-state index is 12.3. The lowest BCUT2D eigenvalue weighted by molar-refractivity contribution is 0.414. The van der Waals surface area contributed by atoms with Crippen LogP contribution in [0.25, 0.3) is 0 Å². The van der Waals surface area contributed by atoms with E-state index >= 15 is 0 Å². The largest absolute Gasteiger partial charge is 0.495 e. The number of benzene rings is 1. The molecule has 23 heavy (non-hydrogen) atoms. The van der Waals surface area contributed by atoms with Gasteiger partial charge in [-0.15, -0.1) is 10.2 Å². The fourth-order valence-corrected chi connectivity index (χ4v) is 3.09. The van der Waals surface area contributed by atoms with Crippen LogP contribution >= 0.6 is 11.6 Å². The number of hydrogen-bond donors (Lipinski definition) is 2. The Morgan fingerprint density at radius 1 is 1.17 bits per heavy atom. The molecule has 0 aliphatic rings. The van der Waals surface area contributed by atoms with Gasteiger partial charge in [-0.05, 0) is 36.8 Å². The normalized spacial score (nSPS) is 11.1. The van der Waals surface area contributed by atoms with E-state index in [1.165, 1.54) is 31.4 Å². The van der Waals surface area contributed by atoms with Crippen molar-refractivity contribution in [1.29, 1.82) is 0 Å². The summed E-state index contributed by atoms with van der Waals surface area (Å²) in [6.07, 6.45) is 0.953. The first-order valence-corrected chi connectivity index (χ1v) is 8.76. The molecule has 0 saturated heterocycles. The predicted octanol–water partition coefficient (Wildman–Crippen LogP) is 2.76. The molecule has 0 aliphatic carbocycles. The minimum atomic E-state index is -3.80. The van der Waals surface area contributed by atoms with Gasteiger partial charge in [0.1, 0.15) is 11.6 Å². The van der Waals surface area contributed by atoms with Crippen molar-refractivity contribution in [3.8, 4) is 5.75 Å². The highest BCUT2D eigenvalue weighted by molar-refractivity contribution is 7.92. The molecule has 7 nitrogen and oxygen atoms in total. The number of methoxy groups -OCH3 is 1. The summed E-state index contributed by atoms with van der Waals surface area (Å²) in [5, 5.41) is 11.0. The van der Waals surface area contributed by atoms with E-state index in [-0.39, 0.29) is 15.7 Å². The number of nitrogens with one attached hydrogen (secondary N) is 2. The van der Waals surface area contributed by atoms with E-state index in [0.717, 1.165) is 13.0 Å². The number of sulfonamides is 1. The summed E-state index contributed by atoms with van der Waals surface area (Å²) in [5.41, 5.74) is 0. The van der Waals surface area contributed by atoms with E-state index in [4.69, 9.17) is 16.3 Å². The SMILES string of the molecule is CCCNc1ccc(NS(=O)(=O)c2ccc(OC)c(Cl)c2)nn1. The van der Waals surface area contributed by atoms with Crippen molar-refractivity contribution in [2.24, 2.45) is 0 Å². The van der Waals surface area contributed by atoms with Crippen LogP contribution in [0.3, 0.4) is 0 Å². The van der Waals surface area contributed by atoms with Gasteiger partial charge >= 0.3 is 0 Å². The minimum absolute atomic E-state index is 0.0123. The number of halogens is 1. The van der Waals surface area contributed by atoms with Crippen molar-refractivity contribution in [2.75, 3.05) is 23.7 Å². The van der Waals surface area contributed by atoms with Gasteiger partial charge in [-0.2, -0.15) is 0 Å². The number of hydrogen-bond acceptors (Lipinski definition) is 6. The smallest absolute Gasteiger partial charge is 0.263 e. The number of ether oxygens (including phenoxy) is 1. The molecule has 0 saturated carbocycles. The Bertz CT molecular complexity index is 766. The van der Waals surface area contributed by atoms with Crippen molar-refractivity contribution in [2.45, 2.75) is 18.2 Å². The second-order valence-corrected chi connectivity index (χ2v) is 6.72. The number of anilines is 2. The minimum Gasteiger partial charge on any atom is -0.495 e. The van der Waals surface area contributed by atoms with Gasteiger partial charge in [0.25, 0.3) is 10.0 Å². The highest BCUT2D eigenvalue weighted by Crippen LogP contribution is 2.27. The van der Waals surface area contributed by atoms with Crippen LogP contribution < -0.4 is 14.8 Å². The first-order valence-electron chi connectivity index (χ1n) is 6.90. The molecule has 1 aromatic heterocycles. The fraction of sp³-hybridized carbons (Fsp3) is 0.286. The summed E-state index contributed by atoms with van der Waals surface area (Å²) < 4.78 is 32.0. The maximum Gasteiger partial charge on any atom is 0.263 e. The van der Waals surface area contributed by atoms with E-state index in [2.05, 4.69) is 20.2 Å². The van der Waals surface area contributed by atoms with Crippen LogP contribution in [0.15, 0.2) is 35.2 Å². The van der Waals surface area contributed by atoms with Crippen molar-refractivity contribution < 1.29 is 13.2 Å². The predicted molar refractivity (Wildman–Crippen MR) is 89.6 cm³/mol. The molecule has 124 valence electrons. The van der Waals surface area contributed by atoms with Gasteiger partial charge in [-0.1, -0.05) is 18.5 Å². The average Bonchev–Trinajstić information content (AvgIpc) is 2.54. The lowest BCUT2D eigenvalue weighted by Gasteiger charge is -2.09. The zero-order valence-corrected chi connectivity index (χ0v) is 14.3. The summed E-state index contributed by atoms with van der Waals surface area (Å²) in [7, 11) is -2.35. The lowest BCUT2D eigenvalue weighted by atomic mass is 10.3. The van der Waals surface area contributed by atoms with Crippen LogP contribution in [0, 0.1) is 0 Å². The Morgan fingerprint density at radius 2 is 1.87 bits per heavy atom. The monoisotopic (exact) mass is 356 g/mol. The zero-order chi connectivity index (χ0) is 16.9. The number of rotatable bonds is 7. The standard InChI is InChI=1S/C14H17ClN4O3S/c1-3-8-16-13-6-7-14(18-17-13)19-23(20,21)10-4-5-12(22-2)11(15)9-10/h4-7,9H,3,8H2,1-2H3,(H,16,17)(H,18,19). The van der Waals surface area contributed by atoms with Gasteiger partial charge in [0.2, 0.25) is 0 Å². The van der Waals surface area contributed by atoms with Crippen molar-refractivity contribution in [1.82, 2.24) is 10.2 Å². The number of aromatic nitrogens is 2. The molecule has 0 radical (unpaired) electrons. The Kier molecular flexibility index (Phi) is 5.62. The maximum atomic E-state index is 12.3. The first-order chi connectivity index (χ1) is 11.0. The van der Waals surface area contributed by atoms with Gasteiger partial charge < -0.3 is 10.1 Å². The van der Waals surface area contributed by atoms with E-state index < -0.39 is 10.0 Å². The molecule has 0 aliphatic heterocycles. The van der Waals surface area contributed by atoms with E-state index in [0.29, 0.717) is 11.6 Å². The third-order valence-corrected chi connectivity index (χ3v) is 4.54. The molecule has 0 unspecified atom stereocenters. The molecular weight excluding hydrogens is 340 g/mol. The van der Waals surface area contributed by atoms with Crippen LogP contribution in [0.2, 0.25) is 5.02 Å². The van der Waals surface area contributed by atoms with Crippen LogP contribution in [0.1, 0.15) is 13.3 Å². The van der Waals surface area contributed by atoms with Gasteiger partial charge in [0, 0.05) is 6.54 Å². The molecule has 0 amide bonds. The average molecular weight is 357 g/mol. The topological polar surface area (TPSA) is 93.2 Å². The molecule has 0 fully saturated rings. The second-order valence-electron chi connectivity index (χ2n) is 4.63. The summed E-state index contributed by atoms with van der Waals surface area (Å²) in [5.74, 6) is 1.11. The highest BCUT2D eigenvalue weighted by atomic mass is 35.5. The summed E-state index contributed by atoms with van der Waals surface area (Å²) >= 11 is 5.95. The Labute approximate surface area is 140 Å². The Balaban J connectivity index is 2.16. The molecule has 0 spiro atoms. The first kappa shape index (κ1) is 17.3. The van der Waals surface area contributed by atoms with Crippen molar-refractivity contribution in [3.63, 3.8) is 0 Å². The van der Waals surface area contributed by atoms with Crippen molar-refractivity contribution in [3.05, 3.63) is 35.4 Å². The molecule has 2 aromatic rings. The molecule has 2 N–H and O–H groups in total. The quantitative estimate of drug-likeness (QED) is 0.792. The molecule has 1 aromatic carbocycles. The lowest BCUT2D eigenvalue weighted by Crippen LogP contribution is -2.14. The molecule has 1 heterocycles. The second kappa shape index (κ2) is 7.47. The Morgan fingerprint density at radius 3 is 2.43 bits per heavy atom. The summed E-state index contributed by atoms with van der Waals surface area (Å²) in [6, 6.07) is 7.39. The van der Waals surface area contributed by atoms with E-state index in [9.17, 15) is 8.42 Å². The molecule has 9 heteroatoms. The Hall–Kier alpha value is -2.06. The summed E-state index contributed by atoms with van der Waals surface area (Å²) in [6.45, 7) is 2.80. The van der Waals surface area contributed by atoms with Crippen LogP contribution in [0.4, 0.5) is 11.6 Å². The third kappa shape index (κ3) is 4.46. The summed E-state index contributed by atoms with van der Waals surface area (Å²) in [4.78, 5) is 0.0123. The fourth-order valence-electron chi connectivity index (χ4n) is 1.74. The molecule has 2 rings (SSSR count). The molecule has 0 atom stereocenters. The molecular formula is C14H17ClN4O3S. The third-order valence-electron chi connectivity index (χ3n) is 2.89. The zero-order valence-electron chi connectivity index (χ0n) is 12.7. The number of nitrogens with zero attached hydrogens (tertiary/aromatic N) is 2. The van der Waals surface area contributed by atoms with Crippen LogP contribution in [-0.2, 0) is 10.0 Å². The van der Waals surface area contributed by atoms with Gasteiger partial charge in [0.15, 0.2) is 5.82 Å². The van der Waals surface area contributed by atoms with Crippen LogP contribution in [-0.4, -0.2) is 32.3 Å². The van der Waals surface area contributed by atoms with E-state index in [1.54, 1.807) is 6.07 Å².